The quantitative estimate of drug-likeness (QED) is 0.801. The molecule has 1 aromatic carbocycles. The third kappa shape index (κ3) is 5.68. The van der Waals surface area contributed by atoms with Crippen LogP contribution >= 0.6 is 0 Å². The van der Waals surface area contributed by atoms with Gasteiger partial charge in [-0.3, -0.25) is 4.68 Å². The minimum Gasteiger partial charge on any atom is -0.393 e. The monoisotopic (exact) mass is 341 g/mol. The van der Waals surface area contributed by atoms with Crippen molar-refractivity contribution in [2.75, 3.05) is 19.6 Å². The van der Waals surface area contributed by atoms with Crippen molar-refractivity contribution in [3.05, 3.63) is 53.9 Å². The van der Waals surface area contributed by atoms with Gasteiger partial charge in [0, 0.05) is 12.7 Å². The van der Waals surface area contributed by atoms with Crippen LogP contribution in [0.5, 0.6) is 0 Å². The molecule has 2 heterocycles. The Labute approximate surface area is 151 Å². The average molecular weight is 341 g/mol. The minimum atomic E-state index is -0.158. The van der Waals surface area contributed by atoms with E-state index >= 15 is 0 Å². The van der Waals surface area contributed by atoms with Crippen LogP contribution < -0.4 is 0 Å². The Morgan fingerprint density at radius 1 is 1.16 bits per heavy atom. The molecule has 1 aliphatic rings. The summed E-state index contributed by atoms with van der Waals surface area (Å²) in [7, 11) is 0. The number of aryl methyl sites for hydroxylation is 3. The Bertz CT molecular complexity index is 617. The van der Waals surface area contributed by atoms with Gasteiger partial charge in [-0.1, -0.05) is 30.3 Å². The Morgan fingerprint density at radius 2 is 1.92 bits per heavy atom. The number of piperidine rings is 1. The van der Waals surface area contributed by atoms with Crippen molar-refractivity contribution in [3.8, 4) is 0 Å². The smallest absolute Gasteiger partial charge is 0.0572 e. The molecular weight excluding hydrogens is 310 g/mol. The fourth-order valence-corrected chi connectivity index (χ4v) is 3.80. The van der Waals surface area contributed by atoms with E-state index in [9.17, 15) is 5.11 Å². The molecule has 1 saturated heterocycles. The van der Waals surface area contributed by atoms with E-state index < -0.39 is 0 Å². The Kier molecular flexibility index (Phi) is 6.65. The van der Waals surface area contributed by atoms with E-state index in [2.05, 4.69) is 47.4 Å². The van der Waals surface area contributed by atoms with E-state index in [1.54, 1.807) is 0 Å². The van der Waals surface area contributed by atoms with Gasteiger partial charge >= 0.3 is 0 Å². The summed E-state index contributed by atoms with van der Waals surface area (Å²) in [6.07, 6.45) is 9.11. The summed E-state index contributed by atoms with van der Waals surface area (Å²) in [6, 6.07) is 10.5. The predicted molar refractivity (Wildman–Crippen MR) is 102 cm³/mol. The molecule has 1 unspecified atom stereocenters. The lowest BCUT2D eigenvalue weighted by Gasteiger charge is -2.34. The van der Waals surface area contributed by atoms with E-state index in [0.29, 0.717) is 5.92 Å². The first-order valence-electron chi connectivity index (χ1n) is 9.64. The van der Waals surface area contributed by atoms with Crippen LogP contribution in [0.25, 0.3) is 0 Å². The normalized spacial score (nSPS) is 17.7. The Morgan fingerprint density at radius 3 is 2.60 bits per heavy atom. The standard InChI is InChI=1S/C21H31N3O/c1-18-16-22-24(17-18)13-5-12-23-14-10-20(11-15-23)21(25)9-8-19-6-3-2-4-7-19/h2-4,6-7,16-17,20-21,25H,5,8-15H2,1H3. The molecule has 1 fully saturated rings. The van der Waals surface area contributed by atoms with Crippen molar-refractivity contribution >= 4 is 0 Å². The first-order valence-corrected chi connectivity index (χ1v) is 9.64. The molecule has 2 aromatic rings. The molecule has 0 bridgehead atoms. The fourth-order valence-electron chi connectivity index (χ4n) is 3.80. The Balaban J connectivity index is 1.32. The number of aliphatic hydroxyl groups is 1. The second-order valence-corrected chi connectivity index (χ2v) is 7.41. The summed E-state index contributed by atoms with van der Waals surface area (Å²) in [5.74, 6) is 0.466. The molecule has 0 saturated carbocycles. The second-order valence-electron chi connectivity index (χ2n) is 7.41. The molecule has 1 N–H and O–H groups in total. The number of rotatable bonds is 8. The highest BCUT2D eigenvalue weighted by molar-refractivity contribution is 5.14. The molecule has 0 spiro atoms. The molecule has 0 aliphatic carbocycles. The highest BCUT2D eigenvalue weighted by Crippen LogP contribution is 2.23. The third-order valence-electron chi connectivity index (χ3n) is 5.37. The number of benzene rings is 1. The third-order valence-corrected chi connectivity index (χ3v) is 5.37. The van der Waals surface area contributed by atoms with Crippen LogP contribution in [0.15, 0.2) is 42.7 Å². The molecule has 0 radical (unpaired) electrons. The maximum atomic E-state index is 10.5. The zero-order valence-corrected chi connectivity index (χ0v) is 15.3. The summed E-state index contributed by atoms with van der Waals surface area (Å²) < 4.78 is 2.04. The van der Waals surface area contributed by atoms with Crippen molar-refractivity contribution in [1.29, 1.82) is 0 Å². The summed E-state index contributed by atoms with van der Waals surface area (Å²) in [6.45, 7) is 6.44. The maximum Gasteiger partial charge on any atom is 0.0572 e. The number of likely N-dealkylation sites (tertiary alicyclic amines) is 1. The van der Waals surface area contributed by atoms with Crippen molar-refractivity contribution < 1.29 is 5.11 Å². The number of nitrogens with zero attached hydrogens (tertiary/aromatic N) is 3. The van der Waals surface area contributed by atoms with Crippen LogP contribution in [-0.2, 0) is 13.0 Å². The molecule has 4 nitrogen and oxygen atoms in total. The van der Waals surface area contributed by atoms with Gasteiger partial charge in [-0.05, 0) is 75.7 Å². The van der Waals surface area contributed by atoms with Crippen molar-refractivity contribution in [3.63, 3.8) is 0 Å². The highest BCUT2D eigenvalue weighted by atomic mass is 16.3. The lowest BCUT2D eigenvalue weighted by molar-refractivity contribution is 0.0533. The van der Waals surface area contributed by atoms with Crippen LogP contribution in [0.2, 0.25) is 0 Å². The van der Waals surface area contributed by atoms with Gasteiger partial charge in [-0.15, -0.1) is 0 Å². The molecular formula is C21H31N3O. The van der Waals surface area contributed by atoms with Gasteiger partial charge in [0.2, 0.25) is 0 Å². The molecule has 136 valence electrons. The van der Waals surface area contributed by atoms with E-state index in [-0.39, 0.29) is 6.10 Å². The molecule has 1 aliphatic heterocycles. The van der Waals surface area contributed by atoms with Crippen LogP contribution in [0.3, 0.4) is 0 Å². The SMILES string of the molecule is Cc1cnn(CCCN2CCC(C(O)CCc3ccccc3)CC2)c1. The van der Waals surface area contributed by atoms with Gasteiger partial charge < -0.3 is 10.0 Å². The summed E-state index contributed by atoms with van der Waals surface area (Å²) in [4.78, 5) is 2.54. The van der Waals surface area contributed by atoms with Crippen LogP contribution in [0.4, 0.5) is 0 Å². The molecule has 3 rings (SSSR count). The number of aromatic nitrogens is 2. The zero-order valence-electron chi connectivity index (χ0n) is 15.3. The van der Waals surface area contributed by atoms with Gasteiger partial charge in [0.25, 0.3) is 0 Å². The lowest BCUT2D eigenvalue weighted by atomic mass is 9.88. The van der Waals surface area contributed by atoms with Gasteiger partial charge in [0.05, 0.1) is 12.3 Å². The van der Waals surface area contributed by atoms with Crippen molar-refractivity contribution in [1.82, 2.24) is 14.7 Å². The van der Waals surface area contributed by atoms with E-state index in [0.717, 1.165) is 58.3 Å². The summed E-state index contributed by atoms with van der Waals surface area (Å²) >= 11 is 0. The minimum absolute atomic E-state index is 0.158. The van der Waals surface area contributed by atoms with E-state index in [1.165, 1.54) is 11.1 Å². The maximum absolute atomic E-state index is 10.5. The molecule has 25 heavy (non-hydrogen) atoms. The van der Waals surface area contributed by atoms with Crippen LogP contribution in [0.1, 0.15) is 36.8 Å². The fraction of sp³-hybridized carbons (Fsp3) is 0.571. The van der Waals surface area contributed by atoms with E-state index in [1.807, 2.05) is 16.9 Å². The predicted octanol–water partition coefficient (Wildman–Crippen LogP) is 3.29. The zero-order chi connectivity index (χ0) is 17.5. The highest BCUT2D eigenvalue weighted by Gasteiger charge is 2.24. The van der Waals surface area contributed by atoms with Crippen molar-refractivity contribution in [2.45, 2.75) is 51.7 Å². The van der Waals surface area contributed by atoms with Gasteiger partial charge in [-0.25, -0.2) is 0 Å². The van der Waals surface area contributed by atoms with Gasteiger partial charge in [0.15, 0.2) is 0 Å². The first kappa shape index (κ1) is 18.2. The number of hydrogen-bond donors (Lipinski definition) is 1. The summed E-state index contributed by atoms with van der Waals surface area (Å²) in [5.41, 5.74) is 2.55. The van der Waals surface area contributed by atoms with E-state index in [4.69, 9.17) is 0 Å². The molecule has 1 atom stereocenters. The number of hydrogen-bond acceptors (Lipinski definition) is 3. The van der Waals surface area contributed by atoms with Crippen LogP contribution in [-0.4, -0.2) is 45.5 Å². The second kappa shape index (κ2) is 9.16. The Hall–Kier alpha value is -1.65. The first-order chi connectivity index (χ1) is 12.2. The molecule has 4 heteroatoms. The lowest BCUT2D eigenvalue weighted by Crippen LogP contribution is -2.38. The average Bonchev–Trinajstić information content (AvgIpc) is 3.06. The number of aliphatic hydroxyl groups excluding tert-OH is 1. The molecule has 1 aromatic heterocycles. The van der Waals surface area contributed by atoms with Crippen molar-refractivity contribution in [2.24, 2.45) is 5.92 Å². The van der Waals surface area contributed by atoms with Crippen LogP contribution in [0, 0.1) is 12.8 Å². The van der Waals surface area contributed by atoms with Gasteiger partial charge in [-0.2, -0.15) is 5.10 Å². The topological polar surface area (TPSA) is 41.3 Å². The van der Waals surface area contributed by atoms with Gasteiger partial charge in [0.1, 0.15) is 0 Å². The molecule has 0 amide bonds. The largest absolute Gasteiger partial charge is 0.393 e. The summed E-state index contributed by atoms with van der Waals surface area (Å²) in [5, 5.41) is 14.9.